The first-order chi connectivity index (χ1) is 4.43. The number of halogens is 1. The van der Waals surface area contributed by atoms with Crippen LogP contribution in [0.3, 0.4) is 0 Å². The molecule has 0 aliphatic rings. The molecule has 1 rings (SSSR count). The molecule has 0 amide bonds. The molecule has 1 aromatic heterocycles. The van der Waals surface area contributed by atoms with Gasteiger partial charge in [-0.15, -0.1) is 0 Å². The Morgan fingerprint density at radius 3 is 2.67 bits per heavy atom. The van der Waals surface area contributed by atoms with E-state index in [-0.39, 0.29) is 0 Å². The average Bonchev–Trinajstić information content (AvgIpc) is 1.91. The van der Waals surface area contributed by atoms with Crippen molar-refractivity contribution in [2.45, 2.75) is 6.54 Å². The fourth-order valence-corrected chi connectivity index (χ4v) is 0.601. The lowest BCUT2D eigenvalue weighted by molar-refractivity contribution is 0.852. The molecule has 0 aliphatic carbocycles. The van der Waals surface area contributed by atoms with Gasteiger partial charge in [0.2, 0.25) is 0 Å². The highest BCUT2D eigenvalue weighted by Crippen LogP contribution is 1.85. The van der Waals surface area contributed by atoms with Crippen molar-refractivity contribution in [1.29, 1.82) is 0 Å². The molecule has 0 aliphatic heterocycles. The third kappa shape index (κ3) is 1.95. The summed E-state index contributed by atoms with van der Waals surface area (Å²) in [5.74, 6) is 0.701. The van der Waals surface area contributed by atoms with Crippen LogP contribution in [-0.2, 0) is 6.54 Å². The molecule has 0 aromatic carbocycles. The van der Waals surface area contributed by atoms with Gasteiger partial charge in [-0.3, -0.25) is 0 Å². The van der Waals surface area contributed by atoms with Crippen molar-refractivity contribution >= 4 is 11.8 Å². The van der Waals surface area contributed by atoms with Gasteiger partial charge in [0.05, 0.1) is 6.54 Å². The molecule has 9 heavy (non-hydrogen) atoms. The number of hydrogen-bond donors (Lipinski definition) is 1. The summed E-state index contributed by atoms with van der Waals surface area (Å²) in [4.78, 5) is 10.3. The fraction of sp³-hybridized carbons (Fsp3) is 0.200. The van der Waals surface area contributed by atoms with Crippen LogP contribution < -0.4 is 4.84 Å². The van der Waals surface area contributed by atoms with Gasteiger partial charge in [-0.25, -0.2) is 14.8 Å². The SMILES string of the molecule is ClNCc1ncccn1. The Hall–Kier alpha value is -0.670. The van der Waals surface area contributed by atoms with Crippen molar-refractivity contribution in [3.8, 4) is 0 Å². The minimum absolute atomic E-state index is 0.502. The molecule has 0 atom stereocenters. The molecule has 0 unspecified atom stereocenters. The molecule has 1 N–H and O–H groups in total. The summed E-state index contributed by atoms with van der Waals surface area (Å²) in [7, 11) is 0. The molecule has 1 heterocycles. The maximum atomic E-state index is 5.21. The third-order valence-corrected chi connectivity index (χ3v) is 0.978. The average molecular weight is 144 g/mol. The standard InChI is InChI=1S/C5H6ClN3/c6-9-4-5-7-2-1-3-8-5/h1-3,9H,4H2. The van der Waals surface area contributed by atoms with E-state index in [1.165, 1.54) is 0 Å². The highest BCUT2D eigenvalue weighted by Gasteiger charge is 1.88. The molecule has 3 nitrogen and oxygen atoms in total. The zero-order valence-corrected chi connectivity index (χ0v) is 5.47. The molecule has 4 heteroatoms. The predicted molar refractivity (Wildman–Crippen MR) is 34.7 cm³/mol. The lowest BCUT2D eigenvalue weighted by atomic mass is 10.6. The molecule has 0 spiro atoms. The minimum Gasteiger partial charge on any atom is -0.240 e. The van der Waals surface area contributed by atoms with Crippen LogP contribution in [0, 0.1) is 0 Å². The maximum absolute atomic E-state index is 5.21. The molecule has 0 bridgehead atoms. The predicted octanol–water partition coefficient (Wildman–Crippen LogP) is 0.720. The third-order valence-electron chi connectivity index (χ3n) is 0.844. The van der Waals surface area contributed by atoms with Crippen LogP contribution in [-0.4, -0.2) is 9.97 Å². The number of rotatable bonds is 2. The van der Waals surface area contributed by atoms with Crippen molar-refractivity contribution in [2.75, 3.05) is 0 Å². The molecule has 1 aromatic rings. The van der Waals surface area contributed by atoms with E-state index in [2.05, 4.69) is 14.8 Å². The van der Waals surface area contributed by atoms with E-state index in [4.69, 9.17) is 11.8 Å². The van der Waals surface area contributed by atoms with Crippen molar-refractivity contribution in [2.24, 2.45) is 0 Å². The van der Waals surface area contributed by atoms with Crippen molar-refractivity contribution < 1.29 is 0 Å². The van der Waals surface area contributed by atoms with Gasteiger partial charge in [0.1, 0.15) is 5.82 Å². The van der Waals surface area contributed by atoms with Gasteiger partial charge in [-0.1, -0.05) is 0 Å². The second-order valence-corrected chi connectivity index (χ2v) is 1.74. The molecule has 48 valence electrons. The number of nitrogens with one attached hydrogen (secondary N) is 1. The summed E-state index contributed by atoms with van der Waals surface area (Å²) in [6.45, 7) is 0.502. The minimum atomic E-state index is 0.502. The van der Waals surface area contributed by atoms with Crippen molar-refractivity contribution in [3.63, 3.8) is 0 Å². The van der Waals surface area contributed by atoms with Gasteiger partial charge in [0.15, 0.2) is 0 Å². The number of aromatic nitrogens is 2. The Kier molecular flexibility index (Phi) is 2.42. The Labute approximate surface area is 58.2 Å². The second kappa shape index (κ2) is 3.37. The number of hydrogen-bond acceptors (Lipinski definition) is 3. The van der Waals surface area contributed by atoms with E-state index >= 15 is 0 Å². The van der Waals surface area contributed by atoms with E-state index in [0.29, 0.717) is 12.4 Å². The van der Waals surface area contributed by atoms with E-state index in [1.807, 2.05) is 0 Å². The summed E-state index contributed by atoms with van der Waals surface area (Å²) in [6.07, 6.45) is 3.35. The zero-order valence-electron chi connectivity index (χ0n) is 4.71. The smallest absolute Gasteiger partial charge is 0.143 e. The Balaban J connectivity index is 2.61. The first kappa shape index (κ1) is 6.45. The molecule has 0 fully saturated rings. The van der Waals surface area contributed by atoms with E-state index in [0.717, 1.165) is 0 Å². The van der Waals surface area contributed by atoms with E-state index in [1.54, 1.807) is 18.5 Å². The summed E-state index contributed by atoms with van der Waals surface area (Å²) in [6, 6.07) is 1.76. The van der Waals surface area contributed by atoms with Gasteiger partial charge in [0, 0.05) is 12.4 Å². The quantitative estimate of drug-likeness (QED) is 0.620. The zero-order chi connectivity index (χ0) is 6.53. The fourth-order valence-electron chi connectivity index (χ4n) is 0.481. The van der Waals surface area contributed by atoms with Crippen molar-refractivity contribution in [1.82, 2.24) is 14.8 Å². The van der Waals surface area contributed by atoms with Crippen LogP contribution in [0.4, 0.5) is 0 Å². The van der Waals surface area contributed by atoms with Crippen LogP contribution in [0.15, 0.2) is 18.5 Å². The summed E-state index contributed by atoms with van der Waals surface area (Å²) in [5.41, 5.74) is 0. The van der Waals surface area contributed by atoms with Crippen LogP contribution in [0.5, 0.6) is 0 Å². The number of nitrogens with zero attached hydrogens (tertiary/aromatic N) is 2. The van der Waals surface area contributed by atoms with Gasteiger partial charge in [-0.2, -0.15) is 0 Å². The first-order valence-electron chi connectivity index (χ1n) is 2.53. The highest BCUT2D eigenvalue weighted by atomic mass is 35.5. The van der Waals surface area contributed by atoms with Gasteiger partial charge in [-0.05, 0) is 17.8 Å². The van der Waals surface area contributed by atoms with Crippen LogP contribution in [0.1, 0.15) is 5.82 Å². The Morgan fingerprint density at radius 1 is 1.44 bits per heavy atom. The molecular weight excluding hydrogens is 138 g/mol. The van der Waals surface area contributed by atoms with Crippen molar-refractivity contribution in [3.05, 3.63) is 24.3 Å². The molecule has 0 saturated heterocycles. The van der Waals surface area contributed by atoms with Crippen LogP contribution >= 0.6 is 11.8 Å². The van der Waals surface area contributed by atoms with Crippen LogP contribution in [0.2, 0.25) is 0 Å². The van der Waals surface area contributed by atoms with E-state index in [9.17, 15) is 0 Å². The molecule has 0 saturated carbocycles. The summed E-state index contributed by atoms with van der Waals surface area (Å²) in [5, 5.41) is 0. The summed E-state index contributed by atoms with van der Waals surface area (Å²) < 4.78 is 0. The topological polar surface area (TPSA) is 37.8 Å². The monoisotopic (exact) mass is 143 g/mol. The largest absolute Gasteiger partial charge is 0.240 e. The first-order valence-corrected chi connectivity index (χ1v) is 2.90. The Bertz CT molecular complexity index is 165. The molecular formula is C5H6ClN3. The van der Waals surface area contributed by atoms with Crippen LogP contribution in [0.25, 0.3) is 0 Å². The normalized spacial score (nSPS) is 9.44. The summed E-state index contributed by atoms with van der Waals surface area (Å²) >= 11 is 5.21. The van der Waals surface area contributed by atoms with Gasteiger partial charge >= 0.3 is 0 Å². The molecule has 0 radical (unpaired) electrons. The maximum Gasteiger partial charge on any atom is 0.143 e. The highest BCUT2D eigenvalue weighted by molar-refractivity contribution is 6.13. The Morgan fingerprint density at radius 2 is 2.11 bits per heavy atom. The van der Waals surface area contributed by atoms with E-state index < -0.39 is 0 Å². The lowest BCUT2D eigenvalue weighted by Crippen LogP contribution is -2.02. The lowest BCUT2D eigenvalue weighted by Gasteiger charge is -1.91. The van der Waals surface area contributed by atoms with Gasteiger partial charge < -0.3 is 0 Å². The second-order valence-electron chi connectivity index (χ2n) is 1.48. The van der Waals surface area contributed by atoms with Gasteiger partial charge in [0.25, 0.3) is 0 Å².